The molecule has 0 spiro atoms. The summed E-state index contributed by atoms with van der Waals surface area (Å²) in [5, 5.41) is 13.7. The van der Waals surface area contributed by atoms with Crippen LogP contribution in [0.3, 0.4) is 0 Å². The molecule has 0 bridgehead atoms. The van der Waals surface area contributed by atoms with Gasteiger partial charge in [0.2, 0.25) is 0 Å². The quantitative estimate of drug-likeness (QED) is 0.845. The van der Waals surface area contributed by atoms with E-state index in [4.69, 9.17) is 5.11 Å². The molecule has 2 rings (SSSR count). The number of nitrogens with one attached hydrogen (secondary N) is 1. The van der Waals surface area contributed by atoms with Gasteiger partial charge in [-0.2, -0.15) is 0 Å². The summed E-state index contributed by atoms with van der Waals surface area (Å²) in [5.74, 6) is -0.504. The van der Waals surface area contributed by atoms with Crippen LogP contribution in [0.15, 0.2) is 29.9 Å². The van der Waals surface area contributed by atoms with Crippen molar-refractivity contribution in [1.29, 1.82) is 0 Å². The van der Waals surface area contributed by atoms with Gasteiger partial charge in [0.25, 0.3) is 0 Å². The standard InChI is InChI=1S/C10H9N3O2S/c14-10(15)8-5-13-9(6-11-8)12-4-7-2-1-3-16-7/h1-3,5-6H,4H2,(H,12,13)(H,14,15). The molecule has 2 heterocycles. The third-order valence-electron chi connectivity index (χ3n) is 1.89. The third-order valence-corrected chi connectivity index (χ3v) is 2.77. The van der Waals surface area contributed by atoms with Gasteiger partial charge < -0.3 is 10.4 Å². The molecule has 82 valence electrons. The number of carbonyl (C=O) groups is 1. The molecule has 0 saturated heterocycles. The number of aromatic carboxylic acids is 1. The largest absolute Gasteiger partial charge is 0.476 e. The first-order chi connectivity index (χ1) is 7.75. The predicted octanol–water partition coefficient (Wildman–Crippen LogP) is 1.85. The molecule has 0 fully saturated rings. The highest BCUT2D eigenvalue weighted by atomic mass is 32.1. The average Bonchev–Trinajstić information content (AvgIpc) is 2.80. The van der Waals surface area contributed by atoms with Crippen LogP contribution in [0.4, 0.5) is 5.82 Å². The van der Waals surface area contributed by atoms with Crippen molar-refractivity contribution in [3.05, 3.63) is 40.5 Å². The molecule has 0 aromatic carbocycles. The van der Waals surface area contributed by atoms with Crippen LogP contribution in [0.2, 0.25) is 0 Å². The summed E-state index contributed by atoms with van der Waals surface area (Å²) in [4.78, 5) is 19.4. The molecular formula is C10H9N3O2S. The minimum absolute atomic E-state index is 0.0540. The topological polar surface area (TPSA) is 75.1 Å². The molecule has 2 aromatic rings. The van der Waals surface area contributed by atoms with Crippen LogP contribution < -0.4 is 5.32 Å². The first-order valence-corrected chi connectivity index (χ1v) is 5.45. The zero-order valence-electron chi connectivity index (χ0n) is 8.25. The maximum Gasteiger partial charge on any atom is 0.356 e. The minimum Gasteiger partial charge on any atom is -0.476 e. The van der Waals surface area contributed by atoms with Gasteiger partial charge in [0.1, 0.15) is 5.82 Å². The minimum atomic E-state index is -1.07. The fourth-order valence-corrected chi connectivity index (χ4v) is 1.77. The third kappa shape index (κ3) is 2.54. The van der Waals surface area contributed by atoms with Crippen LogP contribution in [0.1, 0.15) is 15.4 Å². The van der Waals surface area contributed by atoms with Crippen LogP contribution in [-0.4, -0.2) is 21.0 Å². The van der Waals surface area contributed by atoms with E-state index in [1.54, 1.807) is 11.3 Å². The van der Waals surface area contributed by atoms with Crippen molar-refractivity contribution >= 4 is 23.1 Å². The summed E-state index contributed by atoms with van der Waals surface area (Å²) in [6, 6.07) is 3.98. The normalized spacial score (nSPS) is 10.0. The van der Waals surface area contributed by atoms with E-state index < -0.39 is 5.97 Å². The molecular weight excluding hydrogens is 226 g/mol. The lowest BCUT2D eigenvalue weighted by molar-refractivity contribution is 0.0690. The summed E-state index contributed by atoms with van der Waals surface area (Å²) in [5.41, 5.74) is -0.0540. The van der Waals surface area contributed by atoms with Crippen LogP contribution in [0.25, 0.3) is 0 Å². The molecule has 0 aliphatic carbocycles. The highest BCUT2D eigenvalue weighted by Crippen LogP contribution is 2.10. The highest BCUT2D eigenvalue weighted by Gasteiger charge is 2.04. The molecule has 5 nitrogen and oxygen atoms in total. The molecule has 16 heavy (non-hydrogen) atoms. The number of carboxylic acid groups (broad SMARTS) is 1. The van der Waals surface area contributed by atoms with Gasteiger partial charge in [0, 0.05) is 4.88 Å². The summed E-state index contributed by atoms with van der Waals surface area (Å²) in [6.07, 6.45) is 2.65. The van der Waals surface area contributed by atoms with Gasteiger partial charge in [0.05, 0.1) is 18.9 Å². The van der Waals surface area contributed by atoms with Gasteiger partial charge in [-0.25, -0.2) is 14.8 Å². The summed E-state index contributed by atoms with van der Waals surface area (Å²) in [6.45, 7) is 0.665. The summed E-state index contributed by atoms with van der Waals surface area (Å²) < 4.78 is 0. The van der Waals surface area contributed by atoms with Gasteiger partial charge >= 0.3 is 5.97 Å². The van der Waals surface area contributed by atoms with Crippen molar-refractivity contribution < 1.29 is 9.90 Å². The number of hydrogen-bond acceptors (Lipinski definition) is 5. The molecule has 0 aliphatic heterocycles. The fourth-order valence-electron chi connectivity index (χ4n) is 1.12. The molecule has 2 aromatic heterocycles. The van der Waals surface area contributed by atoms with Crippen LogP contribution in [0.5, 0.6) is 0 Å². The van der Waals surface area contributed by atoms with E-state index >= 15 is 0 Å². The molecule has 0 amide bonds. The Labute approximate surface area is 95.8 Å². The number of nitrogens with zero attached hydrogens (tertiary/aromatic N) is 2. The van der Waals surface area contributed by atoms with Crippen molar-refractivity contribution in [2.45, 2.75) is 6.54 Å². The Morgan fingerprint density at radius 3 is 2.88 bits per heavy atom. The van der Waals surface area contributed by atoms with Gasteiger partial charge in [0.15, 0.2) is 5.69 Å². The van der Waals surface area contributed by atoms with E-state index in [2.05, 4.69) is 15.3 Å². The molecule has 6 heteroatoms. The molecule has 0 saturated carbocycles. The number of aromatic nitrogens is 2. The Kier molecular flexibility index (Phi) is 3.11. The summed E-state index contributed by atoms with van der Waals surface area (Å²) in [7, 11) is 0. The van der Waals surface area contributed by atoms with Crippen molar-refractivity contribution in [1.82, 2.24) is 9.97 Å². The number of carboxylic acids is 1. The number of anilines is 1. The van der Waals surface area contributed by atoms with Crippen LogP contribution >= 0.6 is 11.3 Å². The first-order valence-electron chi connectivity index (χ1n) is 4.57. The molecule has 0 unspecified atom stereocenters. The van der Waals surface area contributed by atoms with Gasteiger partial charge in [-0.1, -0.05) is 6.07 Å². The molecule has 0 aliphatic rings. The van der Waals surface area contributed by atoms with Crippen molar-refractivity contribution in [3.63, 3.8) is 0 Å². The van der Waals surface area contributed by atoms with E-state index in [1.165, 1.54) is 17.3 Å². The Bertz CT molecular complexity index is 467. The lowest BCUT2D eigenvalue weighted by atomic mass is 10.4. The van der Waals surface area contributed by atoms with E-state index in [-0.39, 0.29) is 5.69 Å². The summed E-state index contributed by atoms with van der Waals surface area (Å²) >= 11 is 1.65. The van der Waals surface area contributed by atoms with E-state index in [1.807, 2.05) is 17.5 Å². The maximum atomic E-state index is 10.5. The Morgan fingerprint density at radius 2 is 2.31 bits per heavy atom. The lowest BCUT2D eigenvalue weighted by Crippen LogP contribution is -2.04. The van der Waals surface area contributed by atoms with Gasteiger partial charge in [-0.3, -0.25) is 0 Å². The van der Waals surface area contributed by atoms with Crippen molar-refractivity contribution in [3.8, 4) is 0 Å². The van der Waals surface area contributed by atoms with E-state index in [0.29, 0.717) is 12.4 Å². The van der Waals surface area contributed by atoms with Gasteiger partial charge in [-0.15, -0.1) is 11.3 Å². The number of rotatable bonds is 4. The fraction of sp³-hybridized carbons (Fsp3) is 0.100. The van der Waals surface area contributed by atoms with Crippen molar-refractivity contribution in [2.75, 3.05) is 5.32 Å². The number of thiophene rings is 1. The van der Waals surface area contributed by atoms with E-state index in [0.717, 1.165) is 0 Å². The Hall–Kier alpha value is -1.95. The Morgan fingerprint density at radius 1 is 1.44 bits per heavy atom. The molecule has 0 radical (unpaired) electrons. The van der Waals surface area contributed by atoms with Crippen molar-refractivity contribution in [2.24, 2.45) is 0 Å². The average molecular weight is 235 g/mol. The second-order valence-corrected chi connectivity index (χ2v) is 4.06. The zero-order chi connectivity index (χ0) is 11.4. The predicted molar refractivity (Wildman–Crippen MR) is 60.6 cm³/mol. The van der Waals surface area contributed by atoms with Gasteiger partial charge in [-0.05, 0) is 11.4 Å². The lowest BCUT2D eigenvalue weighted by Gasteiger charge is -2.02. The SMILES string of the molecule is O=C(O)c1cnc(NCc2cccs2)cn1. The molecule has 0 atom stereocenters. The first kappa shape index (κ1) is 10.6. The second kappa shape index (κ2) is 4.71. The number of hydrogen-bond donors (Lipinski definition) is 2. The molecule has 2 N–H and O–H groups in total. The zero-order valence-corrected chi connectivity index (χ0v) is 9.07. The van der Waals surface area contributed by atoms with Crippen LogP contribution in [0, 0.1) is 0 Å². The maximum absolute atomic E-state index is 10.5. The smallest absolute Gasteiger partial charge is 0.356 e. The van der Waals surface area contributed by atoms with E-state index in [9.17, 15) is 4.79 Å². The highest BCUT2D eigenvalue weighted by molar-refractivity contribution is 7.09. The monoisotopic (exact) mass is 235 g/mol. The van der Waals surface area contributed by atoms with Crippen LogP contribution in [-0.2, 0) is 6.54 Å². The Balaban J connectivity index is 1.98. The second-order valence-electron chi connectivity index (χ2n) is 3.02.